The van der Waals surface area contributed by atoms with Crippen LogP contribution in [0.2, 0.25) is 0 Å². The predicted octanol–water partition coefficient (Wildman–Crippen LogP) is 2.17. The van der Waals surface area contributed by atoms with E-state index in [4.69, 9.17) is 22.7 Å². The van der Waals surface area contributed by atoms with E-state index in [2.05, 4.69) is 15.5 Å². The number of anilines is 2. The minimum atomic E-state index is 0.268. The van der Waals surface area contributed by atoms with Gasteiger partial charge in [0, 0.05) is 0 Å². The van der Waals surface area contributed by atoms with Gasteiger partial charge in [0.25, 0.3) is 0 Å². The average molecular weight is 274 g/mol. The predicted molar refractivity (Wildman–Crippen MR) is 78.9 cm³/mol. The molecule has 6 heteroatoms. The first kappa shape index (κ1) is 13.2. The van der Waals surface area contributed by atoms with E-state index in [0.717, 1.165) is 11.3 Å². The van der Waals surface area contributed by atoms with Gasteiger partial charge in [-0.1, -0.05) is 18.3 Å². The number of aryl methyl sites for hydroxylation is 1. The molecule has 5 nitrogen and oxygen atoms in total. The van der Waals surface area contributed by atoms with Crippen molar-refractivity contribution in [2.24, 2.45) is 5.73 Å². The Hall–Kier alpha value is -2.21. The lowest BCUT2D eigenvalue weighted by molar-refractivity contribution is 0.416. The molecule has 1 aromatic heterocycles. The fourth-order valence-electron chi connectivity index (χ4n) is 1.67. The van der Waals surface area contributed by atoms with Crippen molar-refractivity contribution in [2.45, 2.75) is 6.92 Å². The van der Waals surface area contributed by atoms with Crippen LogP contribution in [0.3, 0.4) is 0 Å². The molecule has 3 N–H and O–H groups in total. The first-order valence-electron chi connectivity index (χ1n) is 5.65. The number of ether oxygens (including phenoxy) is 1. The average Bonchev–Trinajstić information content (AvgIpc) is 2.39. The van der Waals surface area contributed by atoms with Gasteiger partial charge >= 0.3 is 0 Å². The van der Waals surface area contributed by atoms with E-state index >= 15 is 0 Å². The Morgan fingerprint density at radius 1 is 1.37 bits per heavy atom. The van der Waals surface area contributed by atoms with E-state index in [1.807, 2.05) is 25.1 Å². The molecule has 0 aliphatic rings. The summed E-state index contributed by atoms with van der Waals surface area (Å²) >= 11 is 4.99. The van der Waals surface area contributed by atoms with Crippen molar-refractivity contribution >= 4 is 28.7 Å². The number of thiocarbonyl (C=S) groups is 1. The van der Waals surface area contributed by atoms with Gasteiger partial charge in [0.15, 0.2) is 5.82 Å². The molecular weight excluding hydrogens is 260 g/mol. The lowest BCUT2D eigenvalue weighted by atomic mass is 10.2. The highest BCUT2D eigenvalue weighted by Crippen LogP contribution is 2.28. The zero-order chi connectivity index (χ0) is 13.8. The minimum Gasteiger partial charge on any atom is -0.495 e. The highest BCUT2D eigenvalue weighted by Gasteiger charge is 2.10. The van der Waals surface area contributed by atoms with Crippen LogP contribution in [-0.4, -0.2) is 22.3 Å². The third kappa shape index (κ3) is 2.97. The summed E-state index contributed by atoms with van der Waals surface area (Å²) in [5.74, 6) is 1.23. The molecule has 0 aliphatic carbocycles. The number of rotatable bonds is 4. The van der Waals surface area contributed by atoms with Gasteiger partial charge in [-0.15, -0.1) is 5.10 Å². The van der Waals surface area contributed by atoms with Crippen molar-refractivity contribution in [3.63, 3.8) is 0 Å². The van der Waals surface area contributed by atoms with Gasteiger partial charge < -0.3 is 15.8 Å². The molecule has 0 bridgehead atoms. The van der Waals surface area contributed by atoms with Crippen LogP contribution in [0.1, 0.15) is 11.1 Å². The Bertz CT molecular complexity index is 615. The Balaban J connectivity index is 2.41. The Morgan fingerprint density at radius 3 is 2.84 bits per heavy atom. The van der Waals surface area contributed by atoms with Crippen molar-refractivity contribution < 1.29 is 4.74 Å². The largest absolute Gasteiger partial charge is 0.495 e. The van der Waals surface area contributed by atoms with E-state index in [9.17, 15) is 0 Å². The topological polar surface area (TPSA) is 73.1 Å². The van der Waals surface area contributed by atoms with Crippen LogP contribution >= 0.6 is 12.2 Å². The van der Waals surface area contributed by atoms with Crippen molar-refractivity contribution in [3.8, 4) is 5.75 Å². The highest BCUT2D eigenvalue weighted by atomic mass is 32.1. The molecule has 19 heavy (non-hydrogen) atoms. The number of nitrogens with one attached hydrogen (secondary N) is 1. The minimum absolute atomic E-state index is 0.268. The van der Waals surface area contributed by atoms with Crippen LogP contribution in [0.15, 0.2) is 30.5 Å². The maximum Gasteiger partial charge on any atom is 0.163 e. The van der Waals surface area contributed by atoms with Crippen LogP contribution in [0.5, 0.6) is 5.75 Å². The number of methoxy groups -OCH3 is 1. The van der Waals surface area contributed by atoms with Gasteiger partial charge in [0.1, 0.15) is 10.7 Å². The van der Waals surface area contributed by atoms with E-state index in [-0.39, 0.29) is 4.99 Å². The maximum atomic E-state index is 5.66. The van der Waals surface area contributed by atoms with E-state index < -0.39 is 0 Å². The van der Waals surface area contributed by atoms with Crippen molar-refractivity contribution in [2.75, 3.05) is 12.4 Å². The Labute approximate surface area is 116 Å². The fourth-order valence-corrected chi connectivity index (χ4v) is 1.83. The zero-order valence-electron chi connectivity index (χ0n) is 10.7. The molecule has 0 saturated carbocycles. The van der Waals surface area contributed by atoms with Crippen LogP contribution in [0.25, 0.3) is 0 Å². The number of nitrogens with two attached hydrogens (primary N) is 1. The monoisotopic (exact) mass is 274 g/mol. The highest BCUT2D eigenvalue weighted by molar-refractivity contribution is 7.80. The number of nitrogens with zero attached hydrogens (tertiary/aromatic N) is 2. The molecule has 2 rings (SSSR count). The van der Waals surface area contributed by atoms with E-state index in [0.29, 0.717) is 17.1 Å². The normalized spacial score (nSPS) is 10.0. The zero-order valence-corrected chi connectivity index (χ0v) is 11.5. The van der Waals surface area contributed by atoms with Gasteiger partial charge in [-0.25, -0.2) is 0 Å². The van der Waals surface area contributed by atoms with Crippen molar-refractivity contribution in [3.05, 3.63) is 41.6 Å². The maximum absolute atomic E-state index is 5.66. The summed E-state index contributed by atoms with van der Waals surface area (Å²) in [5, 5.41) is 11.0. The second-order valence-electron chi connectivity index (χ2n) is 3.99. The fraction of sp³-hybridized carbons (Fsp3) is 0.154. The first-order chi connectivity index (χ1) is 9.11. The van der Waals surface area contributed by atoms with Crippen LogP contribution in [-0.2, 0) is 0 Å². The van der Waals surface area contributed by atoms with E-state index in [1.165, 1.54) is 0 Å². The van der Waals surface area contributed by atoms with Crippen LogP contribution in [0.4, 0.5) is 11.5 Å². The second kappa shape index (κ2) is 5.62. The number of aromatic nitrogens is 2. The number of hydrogen-bond acceptors (Lipinski definition) is 5. The summed E-state index contributed by atoms with van der Waals surface area (Å²) in [6, 6.07) is 7.53. The molecule has 0 amide bonds. The quantitative estimate of drug-likeness (QED) is 0.832. The molecule has 0 radical (unpaired) electrons. The summed E-state index contributed by atoms with van der Waals surface area (Å²) in [6.45, 7) is 2.00. The molecule has 0 spiro atoms. The number of hydrogen-bond donors (Lipinski definition) is 2. The molecule has 1 aromatic carbocycles. The molecule has 2 aromatic rings. The molecule has 0 saturated heterocycles. The van der Waals surface area contributed by atoms with Gasteiger partial charge in [-0.2, -0.15) is 5.10 Å². The van der Waals surface area contributed by atoms with Gasteiger partial charge in [-0.3, -0.25) is 0 Å². The third-order valence-electron chi connectivity index (χ3n) is 2.59. The molecule has 1 heterocycles. The molecule has 98 valence electrons. The summed E-state index contributed by atoms with van der Waals surface area (Å²) in [4.78, 5) is 0.268. The van der Waals surface area contributed by atoms with Gasteiger partial charge in [0.05, 0.1) is 24.6 Å². The smallest absolute Gasteiger partial charge is 0.163 e. The Morgan fingerprint density at radius 2 is 2.16 bits per heavy atom. The second-order valence-corrected chi connectivity index (χ2v) is 4.43. The van der Waals surface area contributed by atoms with Crippen LogP contribution in [0, 0.1) is 6.92 Å². The molecule has 0 atom stereocenters. The lowest BCUT2D eigenvalue weighted by Crippen LogP contribution is -2.13. The molecule has 0 aliphatic heterocycles. The third-order valence-corrected chi connectivity index (χ3v) is 2.81. The molecular formula is C13H14N4OS. The standard InChI is InChI=1S/C13H14N4OS/c1-8-3-4-11(18-2)10(7-8)16-13-9(12(14)19)5-6-15-17-13/h3-7H,1-2H3,(H2,14,19)(H,16,17). The lowest BCUT2D eigenvalue weighted by Gasteiger charge is -2.13. The SMILES string of the molecule is COc1ccc(C)cc1Nc1nnccc1C(N)=S. The Kier molecular flexibility index (Phi) is 3.91. The van der Waals surface area contributed by atoms with Crippen molar-refractivity contribution in [1.82, 2.24) is 10.2 Å². The molecule has 0 fully saturated rings. The van der Waals surface area contributed by atoms with Gasteiger partial charge in [-0.05, 0) is 30.7 Å². The molecule has 0 unspecified atom stereocenters. The van der Waals surface area contributed by atoms with Crippen molar-refractivity contribution in [1.29, 1.82) is 0 Å². The number of benzene rings is 1. The summed E-state index contributed by atoms with van der Waals surface area (Å²) in [6.07, 6.45) is 1.55. The summed E-state index contributed by atoms with van der Waals surface area (Å²) < 4.78 is 5.30. The first-order valence-corrected chi connectivity index (χ1v) is 6.06. The van der Waals surface area contributed by atoms with Crippen LogP contribution < -0.4 is 15.8 Å². The summed E-state index contributed by atoms with van der Waals surface area (Å²) in [5.41, 5.74) is 8.20. The van der Waals surface area contributed by atoms with Gasteiger partial charge in [0.2, 0.25) is 0 Å². The summed E-state index contributed by atoms with van der Waals surface area (Å²) in [7, 11) is 1.61. The van der Waals surface area contributed by atoms with E-state index in [1.54, 1.807) is 19.4 Å².